The summed E-state index contributed by atoms with van der Waals surface area (Å²) in [5.41, 5.74) is 0. The highest BCUT2D eigenvalue weighted by Gasteiger charge is 1.57. The Morgan fingerprint density at radius 2 is 2.50 bits per heavy atom. The van der Waals surface area contributed by atoms with E-state index in [1.807, 2.05) is 11.8 Å². The first-order valence-electron chi connectivity index (χ1n) is 1.40. The van der Waals surface area contributed by atoms with Gasteiger partial charge in [0.05, 0.1) is 0 Å². The second-order valence-corrected chi connectivity index (χ2v) is 0.573. The third kappa shape index (κ3) is 3.16. The van der Waals surface area contributed by atoms with E-state index in [0.717, 1.165) is 0 Å². The van der Waals surface area contributed by atoms with Crippen molar-refractivity contribution in [3.63, 3.8) is 0 Å². The minimum Gasteiger partial charge on any atom is -0.289 e. The van der Waals surface area contributed by atoms with Gasteiger partial charge in [0.1, 0.15) is 0 Å². The van der Waals surface area contributed by atoms with Gasteiger partial charge in [-0.05, 0) is 5.92 Å². The molecule has 0 fully saturated rings. The summed E-state index contributed by atoms with van der Waals surface area (Å²) in [4.78, 5) is 9.22. The van der Waals surface area contributed by atoms with Crippen molar-refractivity contribution in [1.29, 1.82) is 0 Å². The lowest BCUT2D eigenvalue weighted by atomic mass is 10.6. The number of carbonyl (C=O) groups is 1. The van der Waals surface area contributed by atoms with E-state index in [0.29, 0.717) is 6.29 Å². The Morgan fingerprint density at radius 1 is 1.83 bits per heavy atom. The van der Waals surface area contributed by atoms with E-state index in [9.17, 15) is 9.18 Å². The van der Waals surface area contributed by atoms with Crippen LogP contribution in [0.25, 0.3) is 0 Å². The second-order valence-electron chi connectivity index (χ2n) is 0.573. The standard InChI is InChI=1S/C4H3FO/c5-3-1-2-4-6/h4H,3H2. The Kier molecular flexibility index (Phi) is 3.58. The van der Waals surface area contributed by atoms with Crippen LogP contribution in [0.3, 0.4) is 0 Å². The molecular weight excluding hydrogens is 83.0 g/mol. The molecule has 0 bridgehead atoms. The number of halogens is 1. The Bertz CT molecular complexity index is 87.5. The number of carbonyl (C=O) groups excluding carboxylic acids is 1. The molecule has 0 unspecified atom stereocenters. The summed E-state index contributed by atoms with van der Waals surface area (Å²) < 4.78 is 10.8. The fourth-order valence-electron chi connectivity index (χ4n) is 0.0802. The van der Waals surface area contributed by atoms with Crippen molar-refractivity contribution >= 4 is 6.29 Å². The van der Waals surface area contributed by atoms with E-state index in [1.165, 1.54) is 0 Å². The molecule has 0 N–H and O–H groups in total. The van der Waals surface area contributed by atoms with Gasteiger partial charge < -0.3 is 0 Å². The summed E-state index contributed by atoms with van der Waals surface area (Å²) in [7, 11) is 0. The number of hydrogen-bond donors (Lipinski definition) is 0. The fraction of sp³-hybridized carbons (Fsp3) is 0.250. The lowest BCUT2D eigenvalue weighted by Gasteiger charge is -1.55. The largest absolute Gasteiger partial charge is 0.289 e. The molecule has 0 amide bonds. The van der Waals surface area contributed by atoms with E-state index < -0.39 is 6.67 Å². The first-order chi connectivity index (χ1) is 2.91. The van der Waals surface area contributed by atoms with Gasteiger partial charge in [0, 0.05) is 0 Å². The van der Waals surface area contributed by atoms with E-state index in [4.69, 9.17) is 0 Å². The zero-order chi connectivity index (χ0) is 4.83. The fourth-order valence-corrected chi connectivity index (χ4v) is 0.0802. The summed E-state index contributed by atoms with van der Waals surface area (Å²) in [5.74, 6) is 3.81. The molecule has 32 valence electrons. The van der Waals surface area contributed by atoms with Crippen LogP contribution in [0.4, 0.5) is 4.39 Å². The minimum atomic E-state index is -0.737. The molecular formula is C4H3FO. The highest BCUT2D eigenvalue weighted by atomic mass is 19.1. The van der Waals surface area contributed by atoms with E-state index in [1.54, 1.807) is 0 Å². The van der Waals surface area contributed by atoms with Crippen LogP contribution >= 0.6 is 0 Å². The monoisotopic (exact) mass is 86.0 g/mol. The highest BCUT2D eigenvalue weighted by molar-refractivity contribution is 5.72. The average molecular weight is 86.1 g/mol. The number of rotatable bonds is 0. The first-order valence-corrected chi connectivity index (χ1v) is 1.40. The lowest BCUT2D eigenvalue weighted by Crippen LogP contribution is -1.62. The summed E-state index contributed by atoms with van der Waals surface area (Å²) in [6, 6.07) is 0. The average Bonchev–Trinajstić information content (AvgIpc) is 1.61. The van der Waals surface area contributed by atoms with Crippen LogP contribution in [0.15, 0.2) is 0 Å². The molecule has 0 rings (SSSR count). The van der Waals surface area contributed by atoms with Gasteiger partial charge in [0.15, 0.2) is 13.0 Å². The summed E-state index contributed by atoms with van der Waals surface area (Å²) >= 11 is 0. The van der Waals surface area contributed by atoms with Crippen LogP contribution in [0.1, 0.15) is 0 Å². The molecule has 0 aromatic rings. The van der Waals surface area contributed by atoms with Crippen molar-refractivity contribution in [2.24, 2.45) is 0 Å². The van der Waals surface area contributed by atoms with Crippen molar-refractivity contribution in [3.05, 3.63) is 0 Å². The van der Waals surface area contributed by atoms with Crippen LogP contribution in [0, 0.1) is 11.8 Å². The lowest BCUT2D eigenvalue weighted by molar-refractivity contribution is -0.103. The molecule has 0 atom stereocenters. The van der Waals surface area contributed by atoms with Gasteiger partial charge in [0.25, 0.3) is 0 Å². The minimum absolute atomic E-state index is 0.361. The molecule has 0 radical (unpaired) electrons. The number of hydrogen-bond acceptors (Lipinski definition) is 1. The molecule has 0 aromatic heterocycles. The topological polar surface area (TPSA) is 17.1 Å². The van der Waals surface area contributed by atoms with Crippen LogP contribution in [0.5, 0.6) is 0 Å². The van der Waals surface area contributed by atoms with Crippen molar-refractivity contribution in [2.45, 2.75) is 0 Å². The van der Waals surface area contributed by atoms with Gasteiger partial charge in [-0.25, -0.2) is 4.39 Å². The summed E-state index contributed by atoms with van der Waals surface area (Å²) in [5, 5.41) is 0. The van der Waals surface area contributed by atoms with Crippen LogP contribution in [-0.2, 0) is 4.79 Å². The summed E-state index contributed by atoms with van der Waals surface area (Å²) in [6.45, 7) is -0.737. The molecule has 0 saturated heterocycles. The molecule has 0 aliphatic carbocycles. The Labute approximate surface area is 35.2 Å². The molecule has 2 heteroatoms. The maximum Gasteiger partial charge on any atom is 0.192 e. The normalized spacial score (nSPS) is 5.50. The molecule has 0 aliphatic rings. The van der Waals surface area contributed by atoms with Crippen LogP contribution < -0.4 is 0 Å². The van der Waals surface area contributed by atoms with E-state index in [2.05, 4.69) is 0 Å². The van der Waals surface area contributed by atoms with E-state index in [-0.39, 0.29) is 0 Å². The molecule has 0 aromatic carbocycles. The maximum atomic E-state index is 10.8. The zero-order valence-corrected chi connectivity index (χ0v) is 3.07. The molecule has 0 saturated carbocycles. The van der Waals surface area contributed by atoms with Crippen molar-refractivity contribution in [2.75, 3.05) is 6.67 Å². The molecule has 6 heavy (non-hydrogen) atoms. The maximum absolute atomic E-state index is 10.8. The predicted octanol–water partition coefficient (Wildman–Crippen LogP) is 0.158. The van der Waals surface area contributed by atoms with Gasteiger partial charge in [0.2, 0.25) is 0 Å². The Morgan fingerprint density at radius 3 is 2.67 bits per heavy atom. The van der Waals surface area contributed by atoms with Crippen molar-refractivity contribution in [3.8, 4) is 11.8 Å². The smallest absolute Gasteiger partial charge is 0.192 e. The Balaban J connectivity index is 3.13. The highest BCUT2D eigenvalue weighted by Crippen LogP contribution is 1.55. The number of alkyl halides is 1. The number of aldehydes is 1. The Hall–Kier alpha value is -0.840. The van der Waals surface area contributed by atoms with Crippen molar-refractivity contribution < 1.29 is 9.18 Å². The SMILES string of the molecule is O=CC#CCF. The van der Waals surface area contributed by atoms with Crippen molar-refractivity contribution in [1.82, 2.24) is 0 Å². The molecule has 0 heterocycles. The van der Waals surface area contributed by atoms with Crippen LogP contribution in [0.2, 0.25) is 0 Å². The summed E-state index contributed by atoms with van der Waals surface area (Å²) in [6.07, 6.45) is 0.361. The molecule has 0 spiro atoms. The van der Waals surface area contributed by atoms with Gasteiger partial charge >= 0.3 is 0 Å². The third-order valence-electron chi connectivity index (χ3n) is 0.228. The van der Waals surface area contributed by atoms with Gasteiger partial charge in [-0.2, -0.15) is 0 Å². The predicted molar refractivity (Wildman–Crippen MR) is 19.8 cm³/mol. The quantitative estimate of drug-likeness (QED) is 0.303. The van der Waals surface area contributed by atoms with Gasteiger partial charge in [-0.1, -0.05) is 5.92 Å². The van der Waals surface area contributed by atoms with E-state index >= 15 is 0 Å². The van der Waals surface area contributed by atoms with Crippen LogP contribution in [-0.4, -0.2) is 13.0 Å². The van der Waals surface area contributed by atoms with Gasteiger partial charge in [-0.15, -0.1) is 0 Å². The third-order valence-corrected chi connectivity index (χ3v) is 0.228. The molecule has 1 nitrogen and oxygen atoms in total. The molecule has 0 aliphatic heterocycles. The van der Waals surface area contributed by atoms with Gasteiger partial charge in [-0.3, -0.25) is 4.79 Å². The first kappa shape index (κ1) is 5.16. The second kappa shape index (κ2) is 4.16. The zero-order valence-electron chi connectivity index (χ0n) is 3.07.